The quantitative estimate of drug-likeness (QED) is 0.834. The molecule has 1 aromatic heterocycles. The van der Waals surface area contributed by atoms with Gasteiger partial charge in [-0.1, -0.05) is 54.8 Å². The summed E-state index contributed by atoms with van der Waals surface area (Å²) < 4.78 is 5.39. The van der Waals surface area contributed by atoms with Crippen molar-refractivity contribution in [2.75, 3.05) is 13.1 Å². The largest absolute Gasteiger partial charge is 0.356 e. The van der Waals surface area contributed by atoms with E-state index in [9.17, 15) is 9.59 Å². The Labute approximate surface area is 165 Å². The van der Waals surface area contributed by atoms with Gasteiger partial charge >= 0.3 is 0 Å². The van der Waals surface area contributed by atoms with Crippen LogP contribution in [0.5, 0.6) is 0 Å². The Balaban J connectivity index is 1.25. The predicted octanol–water partition coefficient (Wildman–Crippen LogP) is 3.18. The number of hydrogen-bond acceptors (Lipinski definition) is 4. The molecule has 2 amide bonds. The smallest absolute Gasteiger partial charge is 0.225 e. The standard InChI is InChI=1S/C22H27N3O3/c26-21-13-17(15-25(21)19-9-5-2-6-10-19)22(27)23-12-11-18-14-20(28-24-18)16-7-3-1-4-8-16/h1,3-4,7-8,14,17,19H,2,5-6,9-13,15H2,(H,23,27). The highest BCUT2D eigenvalue weighted by atomic mass is 16.5. The summed E-state index contributed by atoms with van der Waals surface area (Å²) in [4.78, 5) is 26.8. The molecule has 6 nitrogen and oxygen atoms in total. The number of rotatable bonds is 6. The van der Waals surface area contributed by atoms with Gasteiger partial charge in [-0.15, -0.1) is 0 Å². The Morgan fingerprint density at radius 3 is 2.75 bits per heavy atom. The van der Waals surface area contributed by atoms with Gasteiger partial charge < -0.3 is 14.7 Å². The topological polar surface area (TPSA) is 75.4 Å². The van der Waals surface area contributed by atoms with Gasteiger partial charge in [0.05, 0.1) is 11.6 Å². The first-order valence-electron chi connectivity index (χ1n) is 10.3. The number of likely N-dealkylation sites (tertiary alicyclic amines) is 1. The van der Waals surface area contributed by atoms with Gasteiger partial charge in [0.15, 0.2) is 5.76 Å². The first kappa shape index (κ1) is 18.7. The van der Waals surface area contributed by atoms with Crippen molar-refractivity contribution in [3.8, 4) is 11.3 Å². The van der Waals surface area contributed by atoms with Crippen LogP contribution in [-0.4, -0.2) is 41.0 Å². The zero-order valence-electron chi connectivity index (χ0n) is 16.1. The molecular weight excluding hydrogens is 354 g/mol. The van der Waals surface area contributed by atoms with Crippen LogP contribution in [0.3, 0.4) is 0 Å². The molecule has 0 bridgehead atoms. The number of nitrogens with one attached hydrogen (secondary N) is 1. The van der Waals surface area contributed by atoms with Gasteiger partial charge in [-0.25, -0.2) is 0 Å². The van der Waals surface area contributed by atoms with E-state index in [0.29, 0.717) is 32.0 Å². The van der Waals surface area contributed by atoms with E-state index in [2.05, 4.69) is 10.5 Å². The van der Waals surface area contributed by atoms with Gasteiger partial charge in [0.2, 0.25) is 11.8 Å². The lowest BCUT2D eigenvalue weighted by molar-refractivity contribution is -0.130. The van der Waals surface area contributed by atoms with Crippen LogP contribution in [0, 0.1) is 5.92 Å². The third-order valence-corrected chi connectivity index (χ3v) is 5.84. The maximum atomic E-state index is 12.5. The lowest BCUT2D eigenvalue weighted by Crippen LogP contribution is -2.39. The van der Waals surface area contributed by atoms with E-state index >= 15 is 0 Å². The molecule has 1 atom stereocenters. The maximum Gasteiger partial charge on any atom is 0.225 e. The predicted molar refractivity (Wildman–Crippen MR) is 105 cm³/mol. The molecule has 1 unspecified atom stereocenters. The number of carbonyl (C=O) groups is 2. The zero-order valence-corrected chi connectivity index (χ0v) is 16.1. The Morgan fingerprint density at radius 2 is 1.96 bits per heavy atom. The van der Waals surface area contributed by atoms with Crippen LogP contribution in [0.2, 0.25) is 0 Å². The van der Waals surface area contributed by atoms with Crippen LogP contribution in [-0.2, 0) is 16.0 Å². The van der Waals surface area contributed by atoms with E-state index in [-0.39, 0.29) is 17.7 Å². The van der Waals surface area contributed by atoms with Gasteiger partial charge in [-0.05, 0) is 12.8 Å². The van der Waals surface area contributed by atoms with Crippen molar-refractivity contribution in [3.05, 3.63) is 42.1 Å². The number of aromatic nitrogens is 1. The molecule has 1 aliphatic carbocycles. The molecule has 2 aromatic rings. The molecule has 1 saturated carbocycles. The van der Waals surface area contributed by atoms with Crippen LogP contribution >= 0.6 is 0 Å². The SMILES string of the molecule is O=C(NCCc1cc(-c2ccccc2)on1)C1CC(=O)N(C2CCCCC2)C1. The third-order valence-electron chi connectivity index (χ3n) is 5.84. The highest BCUT2D eigenvalue weighted by Gasteiger charge is 2.37. The summed E-state index contributed by atoms with van der Waals surface area (Å²) in [6, 6.07) is 12.1. The lowest BCUT2D eigenvalue weighted by atomic mass is 9.94. The molecule has 1 N–H and O–H groups in total. The second-order valence-corrected chi connectivity index (χ2v) is 7.83. The maximum absolute atomic E-state index is 12.5. The summed E-state index contributed by atoms with van der Waals surface area (Å²) in [5.41, 5.74) is 1.79. The minimum atomic E-state index is -0.230. The number of hydrogen-bond donors (Lipinski definition) is 1. The Hall–Kier alpha value is -2.63. The highest BCUT2D eigenvalue weighted by Crippen LogP contribution is 2.28. The van der Waals surface area contributed by atoms with E-state index < -0.39 is 0 Å². The van der Waals surface area contributed by atoms with Crippen molar-refractivity contribution in [1.82, 2.24) is 15.4 Å². The highest BCUT2D eigenvalue weighted by molar-refractivity contribution is 5.89. The minimum absolute atomic E-state index is 0.0292. The van der Waals surface area contributed by atoms with Crippen molar-refractivity contribution in [2.45, 2.75) is 51.0 Å². The molecule has 1 aromatic carbocycles. The van der Waals surface area contributed by atoms with Gasteiger partial charge in [-0.2, -0.15) is 0 Å². The van der Waals surface area contributed by atoms with E-state index in [1.165, 1.54) is 19.3 Å². The minimum Gasteiger partial charge on any atom is -0.356 e. The monoisotopic (exact) mass is 381 g/mol. The van der Waals surface area contributed by atoms with Crippen molar-refractivity contribution in [2.24, 2.45) is 5.92 Å². The third kappa shape index (κ3) is 4.26. The van der Waals surface area contributed by atoms with Gasteiger partial charge in [0.25, 0.3) is 0 Å². The zero-order chi connectivity index (χ0) is 19.3. The molecule has 0 spiro atoms. The lowest BCUT2D eigenvalue weighted by Gasteiger charge is -2.31. The Morgan fingerprint density at radius 1 is 1.18 bits per heavy atom. The second-order valence-electron chi connectivity index (χ2n) is 7.83. The first-order chi connectivity index (χ1) is 13.7. The van der Waals surface area contributed by atoms with E-state index in [1.54, 1.807) is 0 Å². The molecule has 1 saturated heterocycles. The summed E-state index contributed by atoms with van der Waals surface area (Å²) in [6.07, 6.45) is 6.74. The summed E-state index contributed by atoms with van der Waals surface area (Å²) >= 11 is 0. The Kier molecular flexibility index (Phi) is 5.74. The molecule has 1 aliphatic heterocycles. The number of nitrogens with zero attached hydrogens (tertiary/aromatic N) is 2. The fourth-order valence-corrected chi connectivity index (χ4v) is 4.28. The summed E-state index contributed by atoms with van der Waals surface area (Å²) in [5, 5.41) is 7.05. The van der Waals surface area contributed by atoms with Crippen molar-refractivity contribution < 1.29 is 14.1 Å². The fourth-order valence-electron chi connectivity index (χ4n) is 4.28. The van der Waals surface area contributed by atoms with Gasteiger partial charge in [-0.3, -0.25) is 9.59 Å². The molecule has 2 heterocycles. The van der Waals surface area contributed by atoms with Crippen LogP contribution in [0.25, 0.3) is 11.3 Å². The van der Waals surface area contributed by atoms with Gasteiger partial charge in [0.1, 0.15) is 0 Å². The molecule has 2 fully saturated rings. The molecule has 2 aliphatic rings. The first-order valence-corrected chi connectivity index (χ1v) is 10.3. The average molecular weight is 381 g/mol. The van der Waals surface area contributed by atoms with Crippen LogP contribution in [0.1, 0.15) is 44.2 Å². The number of amides is 2. The number of carbonyl (C=O) groups excluding carboxylic acids is 2. The summed E-state index contributed by atoms with van der Waals surface area (Å²) in [7, 11) is 0. The van der Waals surface area contributed by atoms with Crippen molar-refractivity contribution in [1.29, 1.82) is 0 Å². The van der Waals surface area contributed by atoms with Crippen LogP contribution < -0.4 is 5.32 Å². The van der Waals surface area contributed by atoms with Crippen LogP contribution in [0.15, 0.2) is 40.9 Å². The van der Waals surface area contributed by atoms with Crippen LogP contribution in [0.4, 0.5) is 0 Å². The molecule has 4 rings (SSSR count). The molecule has 0 radical (unpaired) electrons. The van der Waals surface area contributed by atoms with E-state index in [0.717, 1.165) is 29.9 Å². The van der Waals surface area contributed by atoms with Crippen molar-refractivity contribution in [3.63, 3.8) is 0 Å². The molecule has 6 heteroatoms. The summed E-state index contributed by atoms with van der Waals surface area (Å²) in [5.74, 6) is 0.604. The molecule has 148 valence electrons. The van der Waals surface area contributed by atoms with E-state index in [4.69, 9.17) is 4.52 Å². The molecule has 28 heavy (non-hydrogen) atoms. The van der Waals surface area contributed by atoms with E-state index in [1.807, 2.05) is 41.3 Å². The normalized spacial score (nSPS) is 20.5. The Bertz CT molecular complexity index is 811. The average Bonchev–Trinajstić information content (AvgIpc) is 3.36. The van der Waals surface area contributed by atoms with Gasteiger partial charge in [0, 0.05) is 43.6 Å². The second kappa shape index (κ2) is 8.59. The fraction of sp³-hybridized carbons (Fsp3) is 0.500. The molecular formula is C22H27N3O3. The summed E-state index contributed by atoms with van der Waals surface area (Å²) in [6.45, 7) is 1.06. The number of benzene rings is 1. The van der Waals surface area contributed by atoms with Crippen molar-refractivity contribution >= 4 is 11.8 Å².